The molecule has 1 unspecified atom stereocenters. The number of pyridine rings is 1. The van der Waals surface area contributed by atoms with Crippen molar-refractivity contribution in [1.82, 2.24) is 4.98 Å². The number of halogens is 1. The number of aryl methyl sites for hydroxylation is 1. The normalized spacial score (nSPS) is 11.8. The van der Waals surface area contributed by atoms with E-state index in [4.69, 9.17) is 11.6 Å². The van der Waals surface area contributed by atoms with Gasteiger partial charge in [0.2, 0.25) is 0 Å². The molecule has 0 aliphatic heterocycles. The molecule has 0 aliphatic rings. The SMILES string of the molecule is Cc1csc(C(=O)C(C#N)c2ccncc2)c1Cl. The van der Waals surface area contributed by atoms with Gasteiger partial charge in [-0.2, -0.15) is 5.26 Å². The van der Waals surface area contributed by atoms with Gasteiger partial charge in [-0.15, -0.1) is 11.3 Å². The molecule has 0 N–H and O–H groups in total. The molecule has 1 atom stereocenters. The van der Waals surface area contributed by atoms with Crippen LogP contribution in [-0.2, 0) is 0 Å². The highest BCUT2D eigenvalue weighted by Gasteiger charge is 2.25. The van der Waals surface area contributed by atoms with Crippen molar-refractivity contribution in [2.24, 2.45) is 0 Å². The largest absolute Gasteiger partial charge is 0.291 e. The Morgan fingerprint density at radius 3 is 2.67 bits per heavy atom. The topological polar surface area (TPSA) is 53.8 Å². The molecule has 5 heteroatoms. The summed E-state index contributed by atoms with van der Waals surface area (Å²) in [4.78, 5) is 16.6. The minimum Gasteiger partial charge on any atom is -0.291 e. The van der Waals surface area contributed by atoms with E-state index in [0.29, 0.717) is 15.5 Å². The third-order valence-electron chi connectivity index (χ3n) is 2.55. The Kier molecular flexibility index (Phi) is 3.75. The van der Waals surface area contributed by atoms with E-state index in [1.54, 1.807) is 24.5 Å². The summed E-state index contributed by atoms with van der Waals surface area (Å²) in [6.07, 6.45) is 3.13. The standard InChI is InChI=1S/C13H9ClN2OS/c1-8-7-18-13(11(8)14)12(17)10(6-15)9-2-4-16-5-3-9/h2-5,7,10H,1H3. The fourth-order valence-corrected chi connectivity index (χ4v) is 2.82. The van der Waals surface area contributed by atoms with Gasteiger partial charge in [-0.1, -0.05) is 11.6 Å². The number of nitrogens with zero attached hydrogens (tertiary/aromatic N) is 2. The zero-order valence-corrected chi connectivity index (χ0v) is 11.1. The summed E-state index contributed by atoms with van der Waals surface area (Å²) in [5.74, 6) is -1.09. The van der Waals surface area contributed by atoms with Gasteiger partial charge in [0.15, 0.2) is 5.78 Å². The second-order valence-corrected chi connectivity index (χ2v) is 5.03. The predicted molar refractivity (Wildman–Crippen MR) is 71.0 cm³/mol. The highest BCUT2D eigenvalue weighted by molar-refractivity contribution is 7.13. The number of carbonyl (C=O) groups is 1. The second kappa shape index (κ2) is 5.30. The van der Waals surface area contributed by atoms with Crippen molar-refractivity contribution in [2.45, 2.75) is 12.8 Å². The van der Waals surface area contributed by atoms with E-state index in [0.717, 1.165) is 5.56 Å². The molecule has 0 fully saturated rings. The summed E-state index contributed by atoms with van der Waals surface area (Å²) in [5, 5.41) is 11.4. The molecule has 2 rings (SSSR count). The minimum atomic E-state index is -0.830. The van der Waals surface area contributed by atoms with Crippen LogP contribution in [-0.4, -0.2) is 10.8 Å². The van der Waals surface area contributed by atoms with Crippen LogP contribution in [0.4, 0.5) is 0 Å². The molecular weight excluding hydrogens is 268 g/mol. The smallest absolute Gasteiger partial charge is 0.195 e. The monoisotopic (exact) mass is 276 g/mol. The first-order valence-electron chi connectivity index (χ1n) is 5.22. The lowest BCUT2D eigenvalue weighted by atomic mass is 9.96. The Morgan fingerprint density at radius 1 is 1.50 bits per heavy atom. The van der Waals surface area contributed by atoms with E-state index in [-0.39, 0.29) is 5.78 Å². The van der Waals surface area contributed by atoms with E-state index in [1.807, 2.05) is 18.4 Å². The van der Waals surface area contributed by atoms with Crippen LogP contribution in [0.2, 0.25) is 5.02 Å². The summed E-state index contributed by atoms with van der Waals surface area (Å²) >= 11 is 7.33. The van der Waals surface area contributed by atoms with Crippen LogP contribution in [0.5, 0.6) is 0 Å². The van der Waals surface area contributed by atoms with Gasteiger partial charge in [0, 0.05) is 12.4 Å². The van der Waals surface area contributed by atoms with Gasteiger partial charge >= 0.3 is 0 Å². The fraction of sp³-hybridized carbons (Fsp3) is 0.154. The van der Waals surface area contributed by atoms with Crippen molar-refractivity contribution < 1.29 is 4.79 Å². The average molecular weight is 277 g/mol. The van der Waals surface area contributed by atoms with Gasteiger partial charge in [0.05, 0.1) is 16.0 Å². The molecule has 0 aromatic carbocycles. The molecule has 0 spiro atoms. The summed E-state index contributed by atoms with van der Waals surface area (Å²) in [6.45, 7) is 1.84. The van der Waals surface area contributed by atoms with Crippen LogP contribution in [0.15, 0.2) is 29.9 Å². The molecule has 2 heterocycles. The van der Waals surface area contributed by atoms with Gasteiger partial charge in [0.25, 0.3) is 0 Å². The molecule has 2 aromatic heterocycles. The number of nitriles is 1. The molecule has 0 amide bonds. The third-order valence-corrected chi connectivity index (χ3v) is 4.27. The number of thiophene rings is 1. The van der Waals surface area contributed by atoms with Crippen molar-refractivity contribution in [3.63, 3.8) is 0 Å². The maximum Gasteiger partial charge on any atom is 0.195 e. The second-order valence-electron chi connectivity index (χ2n) is 3.77. The van der Waals surface area contributed by atoms with Crippen molar-refractivity contribution in [1.29, 1.82) is 5.26 Å². The highest BCUT2D eigenvalue weighted by Crippen LogP contribution is 2.31. The van der Waals surface area contributed by atoms with E-state index >= 15 is 0 Å². The van der Waals surface area contributed by atoms with Gasteiger partial charge in [-0.05, 0) is 35.6 Å². The van der Waals surface area contributed by atoms with Crippen LogP contribution in [0.25, 0.3) is 0 Å². The lowest BCUT2D eigenvalue weighted by Crippen LogP contribution is -2.10. The molecule has 0 radical (unpaired) electrons. The zero-order valence-electron chi connectivity index (χ0n) is 9.55. The summed E-state index contributed by atoms with van der Waals surface area (Å²) in [5.41, 5.74) is 1.50. The summed E-state index contributed by atoms with van der Waals surface area (Å²) in [6, 6.07) is 5.36. The quantitative estimate of drug-likeness (QED) is 0.805. The molecule has 90 valence electrons. The molecular formula is C13H9ClN2OS. The predicted octanol–water partition coefficient (Wildman–Crippen LogP) is 3.60. The number of carbonyl (C=O) groups excluding carboxylic acids is 1. The first-order chi connectivity index (χ1) is 8.65. The molecule has 0 saturated heterocycles. The Hall–Kier alpha value is -1.70. The van der Waals surface area contributed by atoms with Crippen LogP contribution < -0.4 is 0 Å². The number of hydrogen-bond acceptors (Lipinski definition) is 4. The number of ketones is 1. The van der Waals surface area contributed by atoms with E-state index in [2.05, 4.69) is 4.98 Å². The lowest BCUT2D eigenvalue weighted by Gasteiger charge is -2.07. The van der Waals surface area contributed by atoms with Gasteiger partial charge in [0.1, 0.15) is 5.92 Å². The molecule has 0 bridgehead atoms. The van der Waals surface area contributed by atoms with Crippen molar-refractivity contribution in [3.05, 3.63) is 50.9 Å². The van der Waals surface area contributed by atoms with Crippen LogP contribution in [0.3, 0.4) is 0 Å². The van der Waals surface area contributed by atoms with E-state index in [1.165, 1.54) is 11.3 Å². The summed E-state index contributed by atoms with van der Waals surface area (Å²) in [7, 11) is 0. The van der Waals surface area contributed by atoms with Crippen molar-refractivity contribution >= 4 is 28.7 Å². The number of rotatable bonds is 3. The highest BCUT2D eigenvalue weighted by atomic mass is 35.5. The van der Waals surface area contributed by atoms with Crippen molar-refractivity contribution in [3.8, 4) is 6.07 Å². The van der Waals surface area contributed by atoms with Gasteiger partial charge in [-0.25, -0.2) is 0 Å². The Balaban J connectivity index is 2.39. The Bertz CT molecular complexity index is 616. The molecule has 18 heavy (non-hydrogen) atoms. The maximum absolute atomic E-state index is 12.3. The third kappa shape index (κ3) is 2.28. The Labute approximate surface area is 114 Å². The number of Topliss-reactive ketones (excluding diaryl/α,β-unsaturated/α-hetero) is 1. The maximum atomic E-state index is 12.3. The van der Waals surface area contributed by atoms with Crippen LogP contribution in [0, 0.1) is 18.3 Å². The van der Waals surface area contributed by atoms with Crippen LogP contribution in [0.1, 0.15) is 26.7 Å². The fourth-order valence-electron chi connectivity index (χ4n) is 1.57. The van der Waals surface area contributed by atoms with E-state index in [9.17, 15) is 10.1 Å². The average Bonchev–Trinajstić information content (AvgIpc) is 2.72. The van der Waals surface area contributed by atoms with Gasteiger partial charge in [-0.3, -0.25) is 9.78 Å². The molecule has 0 aliphatic carbocycles. The lowest BCUT2D eigenvalue weighted by molar-refractivity contribution is 0.0983. The summed E-state index contributed by atoms with van der Waals surface area (Å²) < 4.78 is 0. The molecule has 0 saturated carbocycles. The Morgan fingerprint density at radius 2 is 2.17 bits per heavy atom. The van der Waals surface area contributed by atoms with Crippen molar-refractivity contribution in [2.75, 3.05) is 0 Å². The number of hydrogen-bond donors (Lipinski definition) is 0. The molecule has 2 aromatic rings. The minimum absolute atomic E-state index is 0.258. The van der Waals surface area contributed by atoms with Crippen LogP contribution >= 0.6 is 22.9 Å². The molecule has 3 nitrogen and oxygen atoms in total. The first kappa shape index (κ1) is 12.7. The zero-order chi connectivity index (χ0) is 13.1. The number of aromatic nitrogens is 1. The van der Waals surface area contributed by atoms with E-state index < -0.39 is 5.92 Å². The van der Waals surface area contributed by atoms with Gasteiger partial charge < -0.3 is 0 Å². The first-order valence-corrected chi connectivity index (χ1v) is 6.48.